The SMILES string of the molecule is COc1cc2c(NC3CCCC3)c(C#N)cnc2cc1F. The van der Waals surface area contributed by atoms with Gasteiger partial charge in [-0.15, -0.1) is 0 Å². The van der Waals surface area contributed by atoms with Crippen LogP contribution in [0.25, 0.3) is 10.9 Å². The molecule has 0 radical (unpaired) electrons. The largest absolute Gasteiger partial charge is 0.494 e. The molecule has 21 heavy (non-hydrogen) atoms. The van der Waals surface area contributed by atoms with Crippen molar-refractivity contribution in [3.63, 3.8) is 0 Å². The molecular weight excluding hydrogens is 269 g/mol. The summed E-state index contributed by atoms with van der Waals surface area (Å²) in [5, 5.41) is 13.5. The van der Waals surface area contributed by atoms with Crippen LogP contribution in [0.1, 0.15) is 31.2 Å². The standard InChI is InChI=1S/C16H16FN3O/c1-21-15-6-12-14(7-13(15)17)19-9-10(8-18)16(12)20-11-4-2-3-5-11/h6-7,9,11H,2-5H2,1H3,(H,19,20). The molecule has 1 aromatic carbocycles. The number of ether oxygens (including phenoxy) is 1. The van der Waals surface area contributed by atoms with E-state index in [1.165, 1.54) is 32.2 Å². The molecule has 2 aromatic rings. The summed E-state index contributed by atoms with van der Waals surface area (Å²) >= 11 is 0. The van der Waals surface area contributed by atoms with Crippen molar-refractivity contribution in [1.82, 2.24) is 4.98 Å². The van der Waals surface area contributed by atoms with Gasteiger partial charge < -0.3 is 10.1 Å². The van der Waals surface area contributed by atoms with E-state index in [0.717, 1.165) is 23.9 Å². The molecule has 0 spiro atoms. The summed E-state index contributed by atoms with van der Waals surface area (Å²) < 4.78 is 18.8. The first kappa shape index (κ1) is 13.6. The van der Waals surface area contributed by atoms with Gasteiger partial charge in [-0.1, -0.05) is 12.8 Å². The Bertz CT molecular complexity index is 718. The fraction of sp³-hybridized carbons (Fsp3) is 0.375. The molecule has 0 aliphatic heterocycles. The molecule has 0 atom stereocenters. The van der Waals surface area contributed by atoms with Gasteiger partial charge >= 0.3 is 0 Å². The van der Waals surface area contributed by atoms with Gasteiger partial charge in [-0.3, -0.25) is 4.98 Å². The minimum Gasteiger partial charge on any atom is -0.494 e. The van der Waals surface area contributed by atoms with Gasteiger partial charge in [0.2, 0.25) is 0 Å². The van der Waals surface area contributed by atoms with Crippen molar-refractivity contribution < 1.29 is 9.13 Å². The van der Waals surface area contributed by atoms with Gasteiger partial charge in [0.15, 0.2) is 11.6 Å². The predicted octanol–water partition coefficient (Wildman–Crippen LogP) is 3.61. The van der Waals surface area contributed by atoms with Crippen molar-refractivity contribution in [3.05, 3.63) is 29.7 Å². The highest BCUT2D eigenvalue weighted by Crippen LogP contribution is 2.33. The van der Waals surface area contributed by atoms with Crippen LogP contribution in [0.2, 0.25) is 0 Å². The number of aromatic nitrogens is 1. The van der Waals surface area contributed by atoms with E-state index in [-0.39, 0.29) is 5.75 Å². The summed E-state index contributed by atoms with van der Waals surface area (Å²) in [6.07, 6.45) is 6.06. The van der Waals surface area contributed by atoms with E-state index < -0.39 is 5.82 Å². The van der Waals surface area contributed by atoms with E-state index in [9.17, 15) is 9.65 Å². The van der Waals surface area contributed by atoms with Crippen LogP contribution in [-0.2, 0) is 0 Å². The van der Waals surface area contributed by atoms with E-state index in [2.05, 4.69) is 16.4 Å². The lowest BCUT2D eigenvalue weighted by Gasteiger charge is -2.17. The topological polar surface area (TPSA) is 57.9 Å². The van der Waals surface area contributed by atoms with Crippen molar-refractivity contribution in [1.29, 1.82) is 5.26 Å². The van der Waals surface area contributed by atoms with Crippen LogP contribution >= 0.6 is 0 Å². The van der Waals surface area contributed by atoms with Crippen LogP contribution in [0.15, 0.2) is 18.3 Å². The minimum atomic E-state index is -0.450. The van der Waals surface area contributed by atoms with E-state index in [1.807, 2.05) is 0 Å². The minimum absolute atomic E-state index is 0.161. The van der Waals surface area contributed by atoms with Crippen molar-refractivity contribution in [2.24, 2.45) is 0 Å². The average Bonchev–Trinajstić information content (AvgIpc) is 3.00. The van der Waals surface area contributed by atoms with Crippen molar-refractivity contribution in [2.45, 2.75) is 31.7 Å². The molecule has 0 bridgehead atoms. The number of methoxy groups -OCH3 is 1. The third kappa shape index (κ3) is 2.49. The number of pyridine rings is 1. The molecule has 1 heterocycles. The van der Waals surface area contributed by atoms with Crippen LogP contribution in [0.4, 0.5) is 10.1 Å². The van der Waals surface area contributed by atoms with Gasteiger partial charge in [-0.25, -0.2) is 4.39 Å². The number of benzene rings is 1. The zero-order chi connectivity index (χ0) is 14.8. The van der Waals surface area contributed by atoms with E-state index in [1.54, 1.807) is 6.07 Å². The van der Waals surface area contributed by atoms with Gasteiger partial charge in [-0.2, -0.15) is 5.26 Å². The second kappa shape index (κ2) is 5.57. The Kier molecular flexibility index (Phi) is 3.61. The van der Waals surface area contributed by atoms with E-state index >= 15 is 0 Å². The predicted molar refractivity (Wildman–Crippen MR) is 78.8 cm³/mol. The fourth-order valence-electron chi connectivity index (χ4n) is 2.86. The normalized spacial score (nSPS) is 15.1. The molecule has 1 saturated carbocycles. The molecule has 3 rings (SSSR count). The highest BCUT2D eigenvalue weighted by Gasteiger charge is 2.19. The molecule has 0 amide bonds. The summed E-state index contributed by atoms with van der Waals surface area (Å²) in [5.41, 5.74) is 1.73. The molecule has 5 heteroatoms. The molecular formula is C16H16FN3O. The molecule has 0 unspecified atom stereocenters. The lowest BCUT2D eigenvalue weighted by atomic mass is 10.1. The Morgan fingerprint density at radius 3 is 2.81 bits per heavy atom. The molecule has 1 N–H and O–H groups in total. The maximum atomic E-state index is 13.8. The zero-order valence-corrected chi connectivity index (χ0v) is 11.8. The van der Waals surface area contributed by atoms with Crippen molar-refractivity contribution in [2.75, 3.05) is 12.4 Å². The number of nitrogens with one attached hydrogen (secondary N) is 1. The van der Waals surface area contributed by atoms with Gasteiger partial charge in [0.25, 0.3) is 0 Å². The number of hydrogen-bond donors (Lipinski definition) is 1. The summed E-state index contributed by atoms with van der Waals surface area (Å²) in [5.74, 6) is -0.289. The monoisotopic (exact) mass is 285 g/mol. The summed E-state index contributed by atoms with van der Waals surface area (Å²) in [4.78, 5) is 4.17. The Balaban J connectivity index is 2.15. The third-order valence-corrected chi connectivity index (χ3v) is 3.97. The fourth-order valence-corrected chi connectivity index (χ4v) is 2.86. The lowest BCUT2D eigenvalue weighted by molar-refractivity contribution is 0.387. The first-order chi connectivity index (χ1) is 10.2. The highest BCUT2D eigenvalue weighted by atomic mass is 19.1. The smallest absolute Gasteiger partial charge is 0.167 e. The molecule has 1 aromatic heterocycles. The zero-order valence-electron chi connectivity index (χ0n) is 11.8. The van der Waals surface area contributed by atoms with Crippen molar-refractivity contribution in [3.8, 4) is 11.8 Å². The first-order valence-electron chi connectivity index (χ1n) is 7.06. The Labute approximate surface area is 122 Å². The molecule has 1 aliphatic rings. The summed E-state index contributed by atoms with van der Waals surface area (Å²) in [6, 6.07) is 5.46. The average molecular weight is 285 g/mol. The quantitative estimate of drug-likeness (QED) is 0.936. The van der Waals surface area contributed by atoms with Crippen LogP contribution in [0.5, 0.6) is 5.75 Å². The van der Waals surface area contributed by atoms with Crippen molar-refractivity contribution >= 4 is 16.6 Å². The second-order valence-electron chi connectivity index (χ2n) is 5.29. The third-order valence-electron chi connectivity index (χ3n) is 3.97. The summed E-state index contributed by atoms with van der Waals surface area (Å²) in [7, 11) is 1.43. The number of fused-ring (bicyclic) bond motifs is 1. The van der Waals surface area contributed by atoms with Gasteiger partial charge in [-0.05, 0) is 18.9 Å². The highest BCUT2D eigenvalue weighted by molar-refractivity contribution is 5.95. The van der Waals surface area contributed by atoms with E-state index in [4.69, 9.17) is 4.74 Å². The van der Waals surface area contributed by atoms with Gasteiger partial charge in [0.1, 0.15) is 6.07 Å². The number of hydrogen-bond acceptors (Lipinski definition) is 4. The number of halogens is 1. The Hall–Kier alpha value is -2.35. The number of nitriles is 1. The van der Waals surface area contributed by atoms with Gasteiger partial charge in [0.05, 0.1) is 23.9 Å². The van der Waals surface area contributed by atoms with Crippen LogP contribution in [0, 0.1) is 17.1 Å². The second-order valence-corrected chi connectivity index (χ2v) is 5.29. The maximum absolute atomic E-state index is 13.8. The number of rotatable bonds is 3. The van der Waals surface area contributed by atoms with Crippen LogP contribution in [-0.4, -0.2) is 18.1 Å². The molecule has 108 valence electrons. The Morgan fingerprint density at radius 2 is 2.14 bits per heavy atom. The number of nitrogens with zero attached hydrogens (tertiary/aromatic N) is 2. The van der Waals surface area contributed by atoms with E-state index in [0.29, 0.717) is 17.1 Å². The lowest BCUT2D eigenvalue weighted by Crippen LogP contribution is -2.16. The molecule has 0 saturated heterocycles. The molecule has 1 aliphatic carbocycles. The molecule has 4 nitrogen and oxygen atoms in total. The van der Waals surface area contributed by atoms with Crippen LogP contribution < -0.4 is 10.1 Å². The van der Waals surface area contributed by atoms with Gasteiger partial charge in [0, 0.05) is 23.7 Å². The maximum Gasteiger partial charge on any atom is 0.167 e. The Morgan fingerprint density at radius 1 is 1.38 bits per heavy atom. The molecule has 1 fully saturated rings. The number of anilines is 1. The van der Waals surface area contributed by atoms with Crippen LogP contribution in [0.3, 0.4) is 0 Å². The first-order valence-corrected chi connectivity index (χ1v) is 7.06. The summed E-state index contributed by atoms with van der Waals surface area (Å²) in [6.45, 7) is 0.